The molecule has 2 aromatic rings. The third kappa shape index (κ3) is 4.97. The maximum Gasteiger partial charge on any atom is 0.261 e. The molecule has 3 rings (SSSR count). The fourth-order valence-corrected chi connectivity index (χ4v) is 4.99. The highest BCUT2D eigenvalue weighted by Gasteiger charge is 2.27. The van der Waals surface area contributed by atoms with Crippen molar-refractivity contribution < 1.29 is 18.1 Å². The molecule has 0 radical (unpaired) electrons. The minimum Gasteiger partial charge on any atom is -0.346 e. The second-order valence-electron chi connectivity index (χ2n) is 7.69. The molecule has 0 saturated carbocycles. The second kappa shape index (κ2) is 8.97. The van der Waals surface area contributed by atoms with E-state index in [1.165, 1.54) is 23.5 Å². The Morgan fingerprint density at radius 3 is 2.55 bits per heavy atom. The summed E-state index contributed by atoms with van der Waals surface area (Å²) < 4.78 is 28.0. The monoisotopic (exact) mass is 416 g/mol. The molecule has 1 saturated heterocycles. The lowest BCUT2D eigenvalue weighted by Crippen LogP contribution is -3.14. The molecule has 0 bridgehead atoms. The summed E-state index contributed by atoms with van der Waals surface area (Å²) in [6.07, 6.45) is 2.33. The highest BCUT2D eigenvalue weighted by molar-refractivity contribution is 7.92. The maximum absolute atomic E-state index is 12.7. The van der Waals surface area contributed by atoms with Gasteiger partial charge in [-0.2, -0.15) is 0 Å². The number of rotatable bonds is 7. The van der Waals surface area contributed by atoms with Gasteiger partial charge in [0.25, 0.3) is 15.9 Å². The summed E-state index contributed by atoms with van der Waals surface area (Å²) in [6.45, 7) is 8.87. The summed E-state index contributed by atoms with van der Waals surface area (Å²) >= 11 is 0. The zero-order valence-corrected chi connectivity index (χ0v) is 18.1. The highest BCUT2D eigenvalue weighted by atomic mass is 32.2. The lowest BCUT2D eigenvalue weighted by atomic mass is 10.1. The van der Waals surface area contributed by atoms with Gasteiger partial charge in [0, 0.05) is 18.4 Å². The molecule has 3 N–H and O–H groups in total. The first-order valence-electron chi connectivity index (χ1n) is 10.1. The summed E-state index contributed by atoms with van der Waals surface area (Å²) in [5.41, 5.74) is 2.93. The number of likely N-dealkylation sites (tertiary alicyclic amines) is 1. The van der Waals surface area contributed by atoms with Gasteiger partial charge < -0.3 is 10.2 Å². The SMILES string of the molecule is CC[NH+]1CCC[C@@H]1CNC(=O)c1ccc(S(=O)(=O)Nc2cccc(C)c2C)cc1. The van der Waals surface area contributed by atoms with Crippen LogP contribution < -0.4 is 14.9 Å². The van der Waals surface area contributed by atoms with E-state index in [2.05, 4.69) is 17.0 Å². The van der Waals surface area contributed by atoms with Crippen molar-refractivity contribution in [3.63, 3.8) is 0 Å². The molecule has 1 amide bonds. The van der Waals surface area contributed by atoms with Crippen molar-refractivity contribution in [3.05, 3.63) is 59.2 Å². The van der Waals surface area contributed by atoms with Crippen LogP contribution in [0.2, 0.25) is 0 Å². The highest BCUT2D eigenvalue weighted by Crippen LogP contribution is 2.22. The van der Waals surface area contributed by atoms with Crippen LogP contribution in [0.15, 0.2) is 47.4 Å². The van der Waals surface area contributed by atoms with Crippen LogP contribution in [0.1, 0.15) is 41.3 Å². The van der Waals surface area contributed by atoms with Crippen molar-refractivity contribution >= 4 is 21.6 Å². The summed E-state index contributed by atoms with van der Waals surface area (Å²) in [6, 6.07) is 12.0. The number of hydrogen-bond donors (Lipinski definition) is 3. The van der Waals surface area contributed by atoms with Crippen molar-refractivity contribution in [1.29, 1.82) is 0 Å². The molecule has 0 spiro atoms. The Labute approximate surface area is 173 Å². The van der Waals surface area contributed by atoms with Gasteiger partial charge in [0.05, 0.1) is 30.2 Å². The van der Waals surface area contributed by atoms with Crippen molar-refractivity contribution in [2.45, 2.75) is 44.6 Å². The molecule has 2 atom stereocenters. The normalized spacial score (nSPS) is 19.1. The number of nitrogens with one attached hydrogen (secondary N) is 3. The van der Waals surface area contributed by atoms with Gasteiger partial charge in [0.1, 0.15) is 6.04 Å². The number of likely N-dealkylation sites (N-methyl/N-ethyl adjacent to an activating group) is 1. The number of quaternary nitrogens is 1. The number of carbonyl (C=O) groups excluding carboxylic acids is 1. The molecular formula is C22H30N3O3S+. The average Bonchev–Trinajstić information content (AvgIpc) is 3.17. The zero-order valence-electron chi connectivity index (χ0n) is 17.3. The zero-order chi connectivity index (χ0) is 21.0. The third-order valence-corrected chi connectivity index (χ3v) is 7.25. The number of carbonyl (C=O) groups is 1. The second-order valence-corrected chi connectivity index (χ2v) is 9.37. The van der Waals surface area contributed by atoms with E-state index in [0.717, 1.165) is 30.6 Å². The van der Waals surface area contributed by atoms with Gasteiger partial charge in [-0.1, -0.05) is 12.1 Å². The standard InChI is InChI=1S/C22H29N3O3S/c1-4-25-14-6-8-19(25)15-23-22(26)18-10-12-20(13-11-18)29(27,28)24-21-9-5-7-16(2)17(21)3/h5,7,9-13,19,24H,4,6,8,14-15H2,1-3H3,(H,23,26)/p+1/t19-/m1/s1. The van der Waals surface area contributed by atoms with Crippen LogP contribution in [0.5, 0.6) is 0 Å². The van der Waals surface area contributed by atoms with E-state index >= 15 is 0 Å². The van der Waals surface area contributed by atoms with Crippen molar-refractivity contribution in [3.8, 4) is 0 Å². The minimum atomic E-state index is -3.72. The topological polar surface area (TPSA) is 79.7 Å². The van der Waals surface area contributed by atoms with E-state index in [0.29, 0.717) is 23.8 Å². The molecule has 1 heterocycles. The van der Waals surface area contributed by atoms with Crippen LogP contribution in [0.4, 0.5) is 5.69 Å². The molecule has 1 aliphatic heterocycles. The predicted octanol–water partition coefficient (Wildman–Crippen LogP) is 1.90. The smallest absolute Gasteiger partial charge is 0.261 e. The van der Waals surface area contributed by atoms with E-state index < -0.39 is 10.0 Å². The maximum atomic E-state index is 12.7. The van der Waals surface area contributed by atoms with Crippen LogP contribution in [-0.2, 0) is 10.0 Å². The Morgan fingerprint density at radius 1 is 1.14 bits per heavy atom. The van der Waals surface area contributed by atoms with Crippen molar-refractivity contribution in [2.75, 3.05) is 24.4 Å². The summed E-state index contributed by atoms with van der Waals surface area (Å²) in [5.74, 6) is -0.168. The number of benzene rings is 2. The van der Waals surface area contributed by atoms with Crippen LogP contribution >= 0.6 is 0 Å². The lowest BCUT2D eigenvalue weighted by Gasteiger charge is -2.20. The molecular weight excluding hydrogens is 386 g/mol. The molecule has 29 heavy (non-hydrogen) atoms. The van der Waals surface area contributed by atoms with Gasteiger partial charge in [0.2, 0.25) is 0 Å². The summed E-state index contributed by atoms with van der Waals surface area (Å²) in [7, 11) is -3.72. The van der Waals surface area contributed by atoms with Gasteiger partial charge in [-0.3, -0.25) is 9.52 Å². The molecule has 1 unspecified atom stereocenters. The number of hydrogen-bond acceptors (Lipinski definition) is 3. The molecule has 156 valence electrons. The predicted molar refractivity (Wildman–Crippen MR) is 115 cm³/mol. The summed E-state index contributed by atoms with van der Waals surface area (Å²) in [4.78, 5) is 14.1. The molecule has 0 aliphatic carbocycles. The van der Waals surface area contributed by atoms with Gasteiger partial charge in [-0.25, -0.2) is 8.42 Å². The molecule has 1 fully saturated rings. The van der Waals surface area contributed by atoms with Gasteiger partial charge >= 0.3 is 0 Å². The van der Waals surface area contributed by atoms with Gasteiger partial charge in [0.15, 0.2) is 0 Å². The van der Waals surface area contributed by atoms with Crippen LogP contribution in [0, 0.1) is 13.8 Å². The van der Waals surface area contributed by atoms with Gasteiger partial charge in [-0.05, 0) is 62.2 Å². The first-order valence-corrected chi connectivity index (χ1v) is 11.6. The Bertz CT molecular complexity index is 971. The number of anilines is 1. The lowest BCUT2D eigenvalue weighted by molar-refractivity contribution is -0.909. The van der Waals surface area contributed by atoms with Crippen LogP contribution in [0.25, 0.3) is 0 Å². The van der Waals surface area contributed by atoms with Crippen molar-refractivity contribution in [1.82, 2.24) is 5.32 Å². The molecule has 1 aliphatic rings. The third-order valence-electron chi connectivity index (χ3n) is 5.87. The first-order chi connectivity index (χ1) is 13.8. The largest absolute Gasteiger partial charge is 0.346 e. The first kappa shape index (κ1) is 21.3. The Morgan fingerprint density at radius 2 is 1.86 bits per heavy atom. The molecule has 0 aromatic heterocycles. The average molecular weight is 417 g/mol. The fraction of sp³-hybridized carbons (Fsp3) is 0.409. The van der Waals surface area contributed by atoms with Crippen LogP contribution in [-0.4, -0.2) is 40.0 Å². The Hall–Kier alpha value is -2.38. The van der Waals surface area contributed by atoms with Gasteiger partial charge in [-0.15, -0.1) is 0 Å². The quantitative estimate of drug-likeness (QED) is 0.645. The van der Waals surface area contributed by atoms with E-state index in [4.69, 9.17) is 0 Å². The van der Waals surface area contributed by atoms with E-state index in [-0.39, 0.29) is 10.8 Å². The Balaban J connectivity index is 1.65. The van der Waals surface area contributed by atoms with E-state index in [9.17, 15) is 13.2 Å². The molecule has 7 heteroatoms. The fourth-order valence-electron chi connectivity index (χ4n) is 3.86. The summed E-state index contributed by atoms with van der Waals surface area (Å²) in [5, 5.41) is 2.99. The minimum absolute atomic E-state index is 0.132. The number of amides is 1. The number of sulfonamides is 1. The van der Waals surface area contributed by atoms with Crippen molar-refractivity contribution in [2.24, 2.45) is 0 Å². The number of aryl methyl sites for hydroxylation is 1. The van der Waals surface area contributed by atoms with E-state index in [1.807, 2.05) is 26.0 Å². The Kier molecular flexibility index (Phi) is 6.59. The van der Waals surface area contributed by atoms with Crippen LogP contribution in [0.3, 0.4) is 0 Å². The molecule has 2 aromatic carbocycles. The van der Waals surface area contributed by atoms with E-state index in [1.54, 1.807) is 18.2 Å². The molecule has 6 nitrogen and oxygen atoms in total.